The van der Waals surface area contributed by atoms with E-state index < -0.39 is 10.0 Å². The lowest BCUT2D eigenvalue weighted by molar-refractivity contribution is 0.219. The van der Waals surface area contributed by atoms with Crippen molar-refractivity contribution in [3.05, 3.63) is 29.8 Å². The summed E-state index contributed by atoms with van der Waals surface area (Å²) in [5.41, 5.74) is 0.305. The first-order valence-corrected chi connectivity index (χ1v) is 8.08. The minimum Gasteiger partial charge on any atom is -0.395 e. The van der Waals surface area contributed by atoms with Crippen LogP contribution in [-0.4, -0.2) is 37.0 Å². The van der Waals surface area contributed by atoms with E-state index in [4.69, 9.17) is 10.4 Å². The summed E-state index contributed by atoms with van der Waals surface area (Å²) in [4.78, 5) is 0.0944. The van der Waals surface area contributed by atoms with Crippen molar-refractivity contribution in [1.82, 2.24) is 4.31 Å². The van der Waals surface area contributed by atoms with E-state index in [-0.39, 0.29) is 24.1 Å². The quantitative estimate of drug-likeness (QED) is 0.830. The van der Waals surface area contributed by atoms with Gasteiger partial charge in [0.05, 0.1) is 23.1 Å². The minimum atomic E-state index is -3.70. The Labute approximate surface area is 120 Å². The van der Waals surface area contributed by atoms with Crippen molar-refractivity contribution < 1.29 is 13.5 Å². The van der Waals surface area contributed by atoms with E-state index in [9.17, 15) is 8.42 Å². The van der Waals surface area contributed by atoms with Crippen LogP contribution in [0.4, 0.5) is 0 Å². The molecule has 0 aromatic heterocycles. The van der Waals surface area contributed by atoms with Crippen molar-refractivity contribution in [3.63, 3.8) is 0 Å². The molecule has 0 fully saturated rings. The van der Waals surface area contributed by atoms with Crippen molar-refractivity contribution in [1.29, 1.82) is 5.26 Å². The Kier molecular flexibility index (Phi) is 6.14. The van der Waals surface area contributed by atoms with Crippen molar-refractivity contribution in [2.45, 2.75) is 37.6 Å². The summed E-state index contributed by atoms with van der Waals surface area (Å²) >= 11 is 0. The van der Waals surface area contributed by atoms with Crippen LogP contribution in [0.5, 0.6) is 0 Å². The van der Waals surface area contributed by atoms with Gasteiger partial charge in [0, 0.05) is 12.6 Å². The summed E-state index contributed by atoms with van der Waals surface area (Å²) in [5, 5.41) is 18.0. The Morgan fingerprint density at radius 3 is 2.50 bits per heavy atom. The molecule has 110 valence electrons. The number of hydrogen-bond acceptors (Lipinski definition) is 4. The number of rotatable bonds is 7. The molecule has 1 aromatic carbocycles. The van der Waals surface area contributed by atoms with Crippen LogP contribution in [-0.2, 0) is 10.0 Å². The second-order valence-corrected chi connectivity index (χ2v) is 6.34. The summed E-state index contributed by atoms with van der Waals surface area (Å²) in [7, 11) is -3.70. The molecule has 0 saturated heterocycles. The molecule has 1 rings (SSSR count). The van der Waals surface area contributed by atoms with Gasteiger partial charge in [0.25, 0.3) is 0 Å². The molecule has 0 aliphatic heterocycles. The van der Waals surface area contributed by atoms with Crippen LogP contribution in [0, 0.1) is 11.3 Å². The van der Waals surface area contributed by atoms with Crippen LogP contribution in [0.1, 0.15) is 32.3 Å². The average Bonchev–Trinajstić information content (AvgIpc) is 2.47. The van der Waals surface area contributed by atoms with Gasteiger partial charge in [-0.05, 0) is 31.0 Å². The monoisotopic (exact) mass is 296 g/mol. The highest BCUT2D eigenvalue weighted by molar-refractivity contribution is 7.89. The molecular formula is C14H20N2O3S. The number of sulfonamides is 1. The summed E-state index contributed by atoms with van der Waals surface area (Å²) in [6.45, 7) is 3.67. The second kappa shape index (κ2) is 7.39. The third-order valence-corrected chi connectivity index (χ3v) is 5.19. The van der Waals surface area contributed by atoms with Gasteiger partial charge in [-0.25, -0.2) is 8.42 Å². The molecule has 1 N–H and O–H groups in total. The Bertz CT molecular complexity index is 574. The molecule has 0 aliphatic rings. The molecular weight excluding hydrogens is 276 g/mol. The van der Waals surface area contributed by atoms with Gasteiger partial charge in [-0.2, -0.15) is 9.57 Å². The number of aliphatic hydroxyl groups is 1. The summed E-state index contributed by atoms with van der Waals surface area (Å²) in [5.74, 6) is 0. The molecule has 0 spiro atoms. The molecule has 5 nitrogen and oxygen atoms in total. The van der Waals surface area contributed by atoms with E-state index in [1.165, 1.54) is 16.4 Å². The predicted octanol–water partition coefficient (Wildman–Crippen LogP) is 1.73. The van der Waals surface area contributed by atoms with Crippen molar-refractivity contribution in [2.75, 3.05) is 13.2 Å². The maximum atomic E-state index is 12.7. The number of hydrogen-bond donors (Lipinski definition) is 1. The fraction of sp³-hybridized carbons (Fsp3) is 0.500. The predicted molar refractivity (Wildman–Crippen MR) is 76.5 cm³/mol. The van der Waals surface area contributed by atoms with E-state index in [2.05, 4.69) is 0 Å². The van der Waals surface area contributed by atoms with Gasteiger partial charge >= 0.3 is 0 Å². The lowest BCUT2D eigenvalue weighted by Gasteiger charge is -2.29. The molecule has 0 aliphatic carbocycles. The molecule has 20 heavy (non-hydrogen) atoms. The highest BCUT2D eigenvalue weighted by Gasteiger charge is 2.29. The highest BCUT2D eigenvalue weighted by Crippen LogP contribution is 2.21. The molecule has 1 aromatic rings. The Hall–Kier alpha value is -1.42. The number of nitrogens with zero attached hydrogens (tertiary/aromatic N) is 2. The maximum absolute atomic E-state index is 12.7. The average molecular weight is 296 g/mol. The lowest BCUT2D eigenvalue weighted by atomic mass is 10.2. The van der Waals surface area contributed by atoms with E-state index in [1.54, 1.807) is 12.1 Å². The maximum Gasteiger partial charge on any atom is 0.243 e. The standard InChI is InChI=1S/C14H20N2O3S/c1-3-13(4-2)16(8-9-17)20(18,19)14-7-5-6-12(10-14)11-15/h5-7,10,13,17H,3-4,8-9H2,1-2H3. The zero-order valence-electron chi connectivity index (χ0n) is 11.8. The van der Waals surface area contributed by atoms with Crippen LogP contribution in [0.3, 0.4) is 0 Å². The molecule has 0 atom stereocenters. The normalized spacial score (nSPS) is 11.8. The molecule has 0 heterocycles. The lowest BCUT2D eigenvalue weighted by Crippen LogP contribution is -2.41. The Morgan fingerprint density at radius 1 is 1.35 bits per heavy atom. The van der Waals surface area contributed by atoms with Gasteiger partial charge in [0.15, 0.2) is 0 Å². The summed E-state index contributed by atoms with van der Waals surface area (Å²) in [6, 6.07) is 7.73. The van der Waals surface area contributed by atoms with E-state index in [0.29, 0.717) is 18.4 Å². The third-order valence-electron chi connectivity index (χ3n) is 3.24. The van der Waals surface area contributed by atoms with Gasteiger partial charge in [-0.1, -0.05) is 19.9 Å². The number of benzene rings is 1. The van der Waals surface area contributed by atoms with Crippen LogP contribution in [0.2, 0.25) is 0 Å². The first-order chi connectivity index (χ1) is 9.51. The fourth-order valence-electron chi connectivity index (χ4n) is 2.16. The second-order valence-electron chi connectivity index (χ2n) is 4.45. The van der Waals surface area contributed by atoms with Crippen LogP contribution >= 0.6 is 0 Å². The van der Waals surface area contributed by atoms with Gasteiger partial charge in [-0.15, -0.1) is 0 Å². The first-order valence-electron chi connectivity index (χ1n) is 6.64. The Morgan fingerprint density at radius 2 is 2.00 bits per heavy atom. The molecule has 0 radical (unpaired) electrons. The van der Waals surface area contributed by atoms with Gasteiger partial charge < -0.3 is 5.11 Å². The minimum absolute atomic E-state index is 0.0610. The third kappa shape index (κ3) is 3.57. The van der Waals surface area contributed by atoms with Crippen molar-refractivity contribution in [3.8, 4) is 6.07 Å². The Balaban J connectivity index is 3.25. The van der Waals surface area contributed by atoms with E-state index in [1.807, 2.05) is 19.9 Å². The van der Waals surface area contributed by atoms with Crippen molar-refractivity contribution >= 4 is 10.0 Å². The largest absolute Gasteiger partial charge is 0.395 e. The number of aliphatic hydroxyl groups excluding tert-OH is 1. The van der Waals surface area contributed by atoms with Crippen LogP contribution < -0.4 is 0 Å². The van der Waals surface area contributed by atoms with Gasteiger partial charge in [-0.3, -0.25) is 0 Å². The molecule has 0 bridgehead atoms. The van der Waals surface area contributed by atoms with E-state index >= 15 is 0 Å². The molecule has 0 unspecified atom stereocenters. The fourth-order valence-corrected chi connectivity index (χ4v) is 3.96. The molecule has 6 heteroatoms. The van der Waals surface area contributed by atoms with Gasteiger partial charge in [0.2, 0.25) is 10.0 Å². The summed E-state index contributed by atoms with van der Waals surface area (Å²) < 4.78 is 26.6. The van der Waals surface area contributed by atoms with Crippen molar-refractivity contribution in [2.24, 2.45) is 0 Å². The first kappa shape index (κ1) is 16.6. The van der Waals surface area contributed by atoms with Crippen LogP contribution in [0.25, 0.3) is 0 Å². The highest BCUT2D eigenvalue weighted by atomic mass is 32.2. The SMILES string of the molecule is CCC(CC)N(CCO)S(=O)(=O)c1cccc(C#N)c1. The summed E-state index contributed by atoms with van der Waals surface area (Å²) in [6.07, 6.45) is 1.35. The zero-order valence-corrected chi connectivity index (χ0v) is 12.6. The van der Waals surface area contributed by atoms with Crippen LogP contribution in [0.15, 0.2) is 29.2 Å². The smallest absolute Gasteiger partial charge is 0.243 e. The van der Waals surface area contributed by atoms with Gasteiger partial charge in [0.1, 0.15) is 0 Å². The topological polar surface area (TPSA) is 81.4 Å². The molecule has 0 amide bonds. The zero-order chi connectivity index (χ0) is 15.2. The molecule has 0 saturated carbocycles. The number of nitriles is 1. The van der Waals surface area contributed by atoms with E-state index in [0.717, 1.165) is 0 Å².